The molecule has 1 N–H and O–H groups in total. The van der Waals surface area contributed by atoms with Crippen LogP contribution in [0.5, 0.6) is 5.75 Å². The molecule has 0 aliphatic rings. The van der Waals surface area contributed by atoms with E-state index in [1.165, 1.54) is 4.68 Å². The van der Waals surface area contributed by atoms with Gasteiger partial charge in [0.05, 0.1) is 22.7 Å². The highest BCUT2D eigenvalue weighted by atomic mass is 16.5. The van der Waals surface area contributed by atoms with Crippen molar-refractivity contribution in [3.8, 4) is 17.1 Å². The van der Waals surface area contributed by atoms with Crippen LogP contribution in [0.1, 0.15) is 21.5 Å². The van der Waals surface area contributed by atoms with Crippen molar-refractivity contribution in [2.75, 3.05) is 0 Å². The Balaban J connectivity index is 1.47. The number of benzene rings is 5. The van der Waals surface area contributed by atoms with Crippen molar-refractivity contribution in [1.82, 2.24) is 9.66 Å². The summed E-state index contributed by atoms with van der Waals surface area (Å²) in [4.78, 5) is 29.8. The fourth-order valence-corrected chi connectivity index (χ4v) is 4.61. The molecule has 7 heteroatoms. The Bertz CT molecular complexity index is 1960. The topological polar surface area (TPSA) is 93.8 Å². The Morgan fingerprint density at radius 1 is 0.850 bits per heavy atom. The van der Waals surface area contributed by atoms with E-state index in [4.69, 9.17) is 9.72 Å². The predicted octanol–water partition coefficient (Wildman–Crippen LogP) is 6.38. The van der Waals surface area contributed by atoms with Gasteiger partial charge in [-0.1, -0.05) is 84.9 Å². The third-order valence-corrected chi connectivity index (χ3v) is 6.59. The number of carboxylic acid groups (broad SMARTS) is 1. The molecule has 0 unspecified atom stereocenters. The van der Waals surface area contributed by atoms with Gasteiger partial charge in [-0.05, 0) is 46.7 Å². The third-order valence-electron chi connectivity index (χ3n) is 6.59. The summed E-state index contributed by atoms with van der Waals surface area (Å²) in [7, 11) is 0. The van der Waals surface area contributed by atoms with Crippen molar-refractivity contribution in [2.24, 2.45) is 5.10 Å². The standard InChI is InChI=1S/C33H23N3O4/c37-32-27-15-6-7-16-29(27)35-31(24-11-2-1-3-12-24)36(32)34-20-28-26-14-5-4-10-23(26)17-18-30(28)40-21-22-9-8-13-25(19-22)33(38)39/h1-20H,21H2,(H,38,39). The Labute approximate surface area is 229 Å². The molecule has 0 saturated heterocycles. The van der Waals surface area contributed by atoms with E-state index in [0.717, 1.165) is 21.9 Å². The Kier molecular flexibility index (Phi) is 6.60. The van der Waals surface area contributed by atoms with Crippen LogP contribution in [0.25, 0.3) is 33.1 Å². The SMILES string of the molecule is O=C(O)c1cccc(COc2ccc3ccccc3c2C=Nn2c(-c3ccccc3)nc3ccccc3c2=O)c1. The van der Waals surface area contributed by atoms with Gasteiger partial charge in [0, 0.05) is 11.1 Å². The van der Waals surface area contributed by atoms with Crippen LogP contribution in [0.3, 0.4) is 0 Å². The highest BCUT2D eigenvalue weighted by Crippen LogP contribution is 2.28. The van der Waals surface area contributed by atoms with E-state index < -0.39 is 5.97 Å². The number of hydrogen-bond acceptors (Lipinski definition) is 5. The number of rotatable bonds is 7. The van der Waals surface area contributed by atoms with Gasteiger partial charge in [-0.15, -0.1) is 0 Å². The van der Waals surface area contributed by atoms with E-state index >= 15 is 0 Å². The number of aromatic nitrogens is 2. The lowest BCUT2D eigenvalue weighted by Crippen LogP contribution is -2.20. The van der Waals surface area contributed by atoms with Gasteiger partial charge in [0.2, 0.25) is 0 Å². The third kappa shape index (κ3) is 4.83. The number of fused-ring (bicyclic) bond motifs is 2. The summed E-state index contributed by atoms with van der Waals surface area (Å²) in [5.41, 5.74) is 2.67. The highest BCUT2D eigenvalue weighted by Gasteiger charge is 2.14. The maximum absolute atomic E-state index is 13.6. The van der Waals surface area contributed by atoms with Gasteiger partial charge < -0.3 is 9.84 Å². The molecule has 0 atom stereocenters. The predicted molar refractivity (Wildman–Crippen MR) is 156 cm³/mol. The first-order valence-electron chi connectivity index (χ1n) is 12.7. The molecule has 5 aromatic carbocycles. The first kappa shape index (κ1) is 24.8. The van der Waals surface area contributed by atoms with Crippen molar-refractivity contribution in [3.63, 3.8) is 0 Å². The van der Waals surface area contributed by atoms with Crippen LogP contribution in [0.15, 0.2) is 125 Å². The van der Waals surface area contributed by atoms with Gasteiger partial charge in [0.1, 0.15) is 12.4 Å². The fraction of sp³-hybridized carbons (Fsp3) is 0.0303. The molecule has 0 radical (unpaired) electrons. The lowest BCUT2D eigenvalue weighted by Gasteiger charge is -2.13. The van der Waals surface area contributed by atoms with E-state index in [1.807, 2.05) is 84.9 Å². The molecular weight excluding hydrogens is 502 g/mol. The fourth-order valence-electron chi connectivity index (χ4n) is 4.61. The van der Waals surface area contributed by atoms with Gasteiger partial charge in [0.25, 0.3) is 5.56 Å². The molecule has 1 aromatic heterocycles. The van der Waals surface area contributed by atoms with E-state index in [-0.39, 0.29) is 17.7 Å². The van der Waals surface area contributed by atoms with Crippen LogP contribution in [0.2, 0.25) is 0 Å². The van der Waals surface area contributed by atoms with Crippen LogP contribution in [-0.2, 0) is 6.61 Å². The van der Waals surface area contributed by atoms with Gasteiger partial charge in [0.15, 0.2) is 5.82 Å². The minimum Gasteiger partial charge on any atom is -0.488 e. The molecule has 1 heterocycles. The Morgan fingerprint density at radius 3 is 2.42 bits per heavy atom. The van der Waals surface area contributed by atoms with Crippen LogP contribution >= 0.6 is 0 Å². The van der Waals surface area contributed by atoms with E-state index in [0.29, 0.717) is 28.0 Å². The highest BCUT2D eigenvalue weighted by molar-refractivity contribution is 6.02. The summed E-state index contributed by atoms with van der Waals surface area (Å²) in [5, 5.41) is 16.3. The molecule has 194 valence electrons. The molecular formula is C33H23N3O4. The molecule has 0 fully saturated rings. The van der Waals surface area contributed by atoms with Crippen molar-refractivity contribution in [1.29, 1.82) is 0 Å². The molecule has 0 aliphatic heterocycles. The zero-order valence-corrected chi connectivity index (χ0v) is 21.3. The Hall–Kier alpha value is -5.56. The van der Waals surface area contributed by atoms with Gasteiger partial charge >= 0.3 is 5.97 Å². The second-order valence-electron chi connectivity index (χ2n) is 9.17. The molecule has 0 aliphatic carbocycles. The quantitative estimate of drug-likeness (QED) is 0.244. The van der Waals surface area contributed by atoms with E-state index in [1.54, 1.807) is 36.5 Å². The molecule has 7 nitrogen and oxygen atoms in total. The number of ether oxygens (including phenoxy) is 1. The number of aromatic carboxylic acids is 1. The molecule has 0 bridgehead atoms. The van der Waals surface area contributed by atoms with E-state index in [2.05, 4.69) is 5.10 Å². The molecule has 40 heavy (non-hydrogen) atoms. The van der Waals surface area contributed by atoms with Crippen LogP contribution in [0, 0.1) is 0 Å². The average Bonchev–Trinajstić information content (AvgIpc) is 3.00. The van der Waals surface area contributed by atoms with Gasteiger partial charge in [-0.2, -0.15) is 9.78 Å². The van der Waals surface area contributed by atoms with Crippen molar-refractivity contribution in [3.05, 3.63) is 142 Å². The van der Waals surface area contributed by atoms with Crippen LogP contribution < -0.4 is 10.3 Å². The van der Waals surface area contributed by atoms with Crippen molar-refractivity contribution in [2.45, 2.75) is 6.61 Å². The number of hydrogen-bond donors (Lipinski definition) is 1. The Morgan fingerprint density at radius 2 is 1.60 bits per heavy atom. The maximum Gasteiger partial charge on any atom is 0.335 e. The first-order chi connectivity index (χ1) is 19.6. The van der Waals surface area contributed by atoms with Crippen LogP contribution in [-0.4, -0.2) is 27.0 Å². The summed E-state index contributed by atoms with van der Waals surface area (Å²) < 4.78 is 7.50. The molecule has 6 rings (SSSR count). The molecule has 0 amide bonds. The summed E-state index contributed by atoms with van der Waals surface area (Å²) in [6.45, 7) is 0.160. The average molecular weight is 526 g/mol. The molecule has 0 saturated carbocycles. The first-order valence-corrected chi connectivity index (χ1v) is 12.7. The summed E-state index contributed by atoms with van der Waals surface area (Å²) >= 11 is 0. The second kappa shape index (κ2) is 10.7. The maximum atomic E-state index is 13.6. The monoisotopic (exact) mass is 525 g/mol. The van der Waals surface area contributed by atoms with Crippen LogP contribution in [0.4, 0.5) is 0 Å². The second-order valence-corrected chi connectivity index (χ2v) is 9.17. The number of nitrogens with zero attached hydrogens (tertiary/aromatic N) is 3. The largest absolute Gasteiger partial charge is 0.488 e. The molecule has 6 aromatic rings. The molecule has 0 spiro atoms. The summed E-state index contributed by atoms with van der Waals surface area (Å²) in [5.74, 6) is -0.0241. The lowest BCUT2D eigenvalue weighted by molar-refractivity contribution is 0.0696. The lowest BCUT2D eigenvalue weighted by atomic mass is 10.0. The summed E-state index contributed by atoms with van der Waals surface area (Å²) in [6.07, 6.45) is 1.62. The normalized spacial score (nSPS) is 11.3. The number of carbonyl (C=O) groups is 1. The summed E-state index contributed by atoms with van der Waals surface area (Å²) in [6, 6.07) is 34.9. The minimum absolute atomic E-state index is 0.160. The minimum atomic E-state index is -0.996. The van der Waals surface area contributed by atoms with Crippen molar-refractivity contribution >= 4 is 33.9 Å². The van der Waals surface area contributed by atoms with Gasteiger partial charge in [-0.25, -0.2) is 9.78 Å². The van der Waals surface area contributed by atoms with Gasteiger partial charge in [-0.3, -0.25) is 4.79 Å². The smallest absolute Gasteiger partial charge is 0.335 e. The zero-order chi connectivity index (χ0) is 27.5. The zero-order valence-electron chi connectivity index (χ0n) is 21.3. The van der Waals surface area contributed by atoms with Crippen molar-refractivity contribution < 1.29 is 14.6 Å². The number of para-hydroxylation sites is 1. The number of carboxylic acids is 1. The van der Waals surface area contributed by atoms with E-state index in [9.17, 15) is 14.7 Å².